The number of thioether (sulfide) groups is 1. The summed E-state index contributed by atoms with van der Waals surface area (Å²) in [5.41, 5.74) is 9.25. The minimum absolute atomic E-state index is 0.483. The summed E-state index contributed by atoms with van der Waals surface area (Å²) in [5.74, 6) is 1.26. The number of hydrogen-bond acceptors (Lipinski definition) is 7. The molecule has 1 saturated heterocycles. The molecule has 1 aromatic carbocycles. The number of nitrogen functional groups attached to an aromatic ring is 1. The Kier molecular flexibility index (Phi) is 5.11. The van der Waals surface area contributed by atoms with E-state index in [2.05, 4.69) is 50.3 Å². The third-order valence-corrected chi connectivity index (χ3v) is 5.52. The van der Waals surface area contributed by atoms with Crippen LogP contribution in [-0.2, 0) is 0 Å². The van der Waals surface area contributed by atoms with Gasteiger partial charge in [0.15, 0.2) is 11.6 Å². The van der Waals surface area contributed by atoms with Crippen molar-refractivity contribution in [3.05, 3.63) is 55.0 Å². The van der Waals surface area contributed by atoms with Crippen LogP contribution >= 0.6 is 11.8 Å². The standard InChI is InChI=1S/C20H22N6S/c1-27-17-4-2-15(3-5-17)18-14-23-19(21)20(24-18)26-12-10-25(11-13-26)16-6-8-22-9-7-16/h2-9,14H,10-13H2,1H3,(H2,21,23). The van der Waals surface area contributed by atoms with Gasteiger partial charge < -0.3 is 15.5 Å². The molecule has 7 heteroatoms. The lowest BCUT2D eigenvalue weighted by atomic mass is 10.1. The Labute approximate surface area is 163 Å². The molecule has 1 fully saturated rings. The second kappa shape index (κ2) is 7.84. The Hall–Kier alpha value is -2.80. The van der Waals surface area contributed by atoms with Crippen molar-refractivity contribution >= 4 is 29.1 Å². The summed E-state index contributed by atoms with van der Waals surface area (Å²) < 4.78 is 0. The van der Waals surface area contributed by atoms with E-state index in [-0.39, 0.29) is 0 Å². The average molecular weight is 379 g/mol. The van der Waals surface area contributed by atoms with E-state index in [9.17, 15) is 0 Å². The van der Waals surface area contributed by atoms with Gasteiger partial charge in [0.25, 0.3) is 0 Å². The van der Waals surface area contributed by atoms with Gasteiger partial charge in [-0.15, -0.1) is 11.8 Å². The van der Waals surface area contributed by atoms with Crippen molar-refractivity contribution in [2.24, 2.45) is 0 Å². The summed E-state index contributed by atoms with van der Waals surface area (Å²) in [5, 5.41) is 0. The summed E-state index contributed by atoms with van der Waals surface area (Å²) in [4.78, 5) is 19.1. The molecule has 3 heterocycles. The third-order valence-electron chi connectivity index (χ3n) is 4.77. The van der Waals surface area contributed by atoms with Gasteiger partial charge in [-0.2, -0.15) is 0 Å². The molecule has 0 spiro atoms. The van der Waals surface area contributed by atoms with Gasteiger partial charge >= 0.3 is 0 Å². The zero-order valence-corrected chi connectivity index (χ0v) is 16.1. The van der Waals surface area contributed by atoms with Crippen molar-refractivity contribution in [3.8, 4) is 11.3 Å². The Balaban J connectivity index is 1.52. The van der Waals surface area contributed by atoms with Crippen molar-refractivity contribution in [2.45, 2.75) is 4.90 Å². The van der Waals surface area contributed by atoms with Crippen LogP contribution in [-0.4, -0.2) is 47.4 Å². The average Bonchev–Trinajstić information content (AvgIpc) is 2.75. The lowest BCUT2D eigenvalue weighted by Crippen LogP contribution is -2.47. The highest BCUT2D eigenvalue weighted by atomic mass is 32.2. The third kappa shape index (κ3) is 3.83. The molecule has 0 amide bonds. The van der Waals surface area contributed by atoms with Crippen LogP contribution in [0.15, 0.2) is 59.9 Å². The fraction of sp³-hybridized carbons (Fsp3) is 0.250. The van der Waals surface area contributed by atoms with Gasteiger partial charge in [-0.05, 0) is 30.5 Å². The minimum Gasteiger partial charge on any atom is -0.381 e. The molecule has 138 valence electrons. The molecule has 2 aromatic heterocycles. The predicted octanol–water partition coefficient (Wildman–Crippen LogP) is 3.17. The van der Waals surface area contributed by atoms with Gasteiger partial charge in [0, 0.05) is 54.7 Å². The zero-order chi connectivity index (χ0) is 18.6. The highest BCUT2D eigenvalue weighted by Gasteiger charge is 2.21. The number of benzene rings is 1. The van der Waals surface area contributed by atoms with E-state index in [0.717, 1.165) is 43.3 Å². The number of piperazine rings is 1. The van der Waals surface area contributed by atoms with Crippen molar-refractivity contribution in [1.29, 1.82) is 0 Å². The molecule has 1 aliphatic rings. The van der Waals surface area contributed by atoms with Crippen molar-refractivity contribution in [2.75, 3.05) is 48.0 Å². The van der Waals surface area contributed by atoms with Crippen LogP contribution < -0.4 is 15.5 Å². The number of nitrogens with zero attached hydrogens (tertiary/aromatic N) is 5. The van der Waals surface area contributed by atoms with E-state index in [1.807, 2.05) is 24.5 Å². The van der Waals surface area contributed by atoms with E-state index < -0.39 is 0 Å². The van der Waals surface area contributed by atoms with E-state index in [1.54, 1.807) is 18.0 Å². The van der Waals surface area contributed by atoms with E-state index >= 15 is 0 Å². The molecule has 1 aliphatic heterocycles. The molecule has 4 rings (SSSR count). The fourth-order valence-electron chi connectivity index (χ4n) is 3.25. The fourth-order valence-corrected chi connectivity index (χ4v) is 3.66. The molecule has 0 unspecified atom stereocenters. The first-order valence-corrected chi connectivity index (χ1v) is 10.1. The van der Waals surface area contributed by atoms with Crippen LogP contribution in [0.3, 0.4) is 0 Å². The molecule has 2 N–H and O–H groups in total. The van der Waals surface area contributed by atoms with Gasteiger partial charge in [0.05, 0.1) is 11.9 Å². The normalized spacial score (nSPS) is 14.4. The summed E-state index contributed by atoms with van der Waals surface area (Å²) in [6, 6.07) is 12.5. The van der Waals surface area contributed by atoms with Gasteiger partial charge in [0.2, 0.25) is 0 Å². The maximum absolute atomic E-state index is 6.15. The van der Waals surface area contributed by atoms with E-state index in [4.69, 9.17) is 10.7 Å². The second-order valence-electron chi connectivity index (χ2n) is 6.37. The highest BCUT2D eigenvalue weighted by molar-refractivity contribution is 7.98. The SMILES string of the molecule is CSc1ccc(-c2cnc(N)c(N3CCN(c4ccncc4)CC3)n2)cc1. The molecule has 27 heavy (non-hydrogen) atoms. The summed E-state index contributed by atoms with van der Waals surface area (Å²) in [6.45, 7) is 3.54. The lowest BCUT2D eigenvalue weighted by Gasteiger charge is -2.36. The van der Waals surface area contributed by atoms with Crippen LogP contribution in [0.5, 0.6) is 0 Å². The van der Waals surface area contributed by atoms with Gasteiger partial charge in [-0.3, -0.25) is 4.98 Å². The molecule has 0 aliphatic carbocycles. The Morgan fingerprint density at radius 2 is 1.59 bits per heavy atom. The molecule has 3 aromatic rings. The van der Waals surface area contributed by atoms with Crippen molar-refractivity contribution < 1.29 is 0 Å². The Morgan fingerprint density at radius 1 is 0.926 bits per heavy atom. The molecular formula is C20H22N6S. The number of hydrogen-bond donors (Lipinski definition) is 1. The quantitative estimate of drug-likeness (QED) is 0.699. The molecule has 0 bridgehead atoms. The van der Waals surface area contributed by atoms with Crippen molar-refractivity contribution in [3.63, 3.8) is 0 Å². The summed E-state index contributed by atoms with van der Waals surface area (Å²) >= 11 is 1.73. The maximum atomic E-state index is 6.15. The smallest absolute Gasteiger partial charge is 0.172 e. The number of anilines is 3. The van der Waals surface area contributed by atoms with Crippen molar-refractivity contribution in [1.82, 2.24) is 15.0 Å². The van der Waals surface area contributed by atoms with Crippen LogP contribution in [0.1, 0.15) is 0 Å². The summed E-state index contributed by atoms with van der Waals surface area (Å²) in [7, 11) is 0. The van der Waals surface area contributed by atoms with Crippen LogP contribution in [0, 0.1) is 0 Å². The first-order chi connectivity index (χ1) is 13.2. The van der Waals surface area contributed by atoms with E-state index in [1.165, 1.54) is 10.6 Å². The second-order valence-corrected chi connectivity index (χ2v) is 7.25. The zero-order valence-electron chi connectivity index (χ0n) is 15.2. The maximum Gasteiger partial charge on any atom is 0.172 e. The van der Waals surface area contributed by atoms with Gasteiger partial charge in [-0.1, -0.05) is 12.1 Å². The molecule has 6 nitrogen and oxygen atoms in total. The first kappa shape index (κ1) is 17.6. The van der Waals surface area contributed by atoms with Gasteiger partial charge in [-0.25, -0.2) is 9.97 Å². The van der Waals surface area contributed by atoms with Gasteiger partial charge in [0.1, 0.15) is 0 Å². The lowest BCUT2D eigenvalue weighted by molar-refractivity contribution is 0.647. The number of rotatable bonds is 4. The molecule has 0 saturated carbocycles. The number of pyridine rings is 1. The summed E-state index contributed by atoms with van der Waals surface area (Å²) in [6.07, 6.45) is 7.48. The van der Waals surface area contributed by atoms with Crippen LogP contribution in [0.25, 0.3) is 11.3 Å². The number of aromatic nitrogens is 3. The molecule has 0 atom stereocenters. The Morgan fingerprint density at radius 3 is 2.26 bits per heavy atom. The predicted molar refractivity (Wildman–Crippen MR) is 112 cm³/mol. The van der Waals surface area contributed by atoms with E-state index in [0.29, 0.717) is 5.82 Å². The highest BCUT2D eigenvalue weighted by Crippen LogP contribution is 2.27. The van der Waals surface area contributed by atoms with Crippen LogP contribution in [0.2, 0.25) is 0 Å². The topological polar surface area (TPSA) is 71.2 Å². The first-order valence-electron chi connectivity index (χ1n) is 8.91. The molecule has 0 radical (unpaired) electrons. The molecular weight excluding hydrogens is 356 g/mol. The number of nitrogens with two attached hydrogens (primary N) is 1. The van der Waals surface area contributed by atoms with Crippen LogP contribution in [0.4, 0.5) is 17.3 Å². The monoisotopic (exact) mass is 378 g/mol. The minimum atomic E-state index is 0.483. The largest absolute Gasteiger partial charge is 0.381 e. The Bertz CT molecular complexity index is 892.